The predicted molar refractivity (Wildman–Crippen MR) is 172 cm³/mol. The SMILES string of the molecule is N#C/C(=C/c1ccc2c(c1)C1CCC(CC(=O)O)CC1N2c1ccc(C=C(c2ccccc2)c2ccccc2)cc1)C(=O)O. The standard InChI is InChI=1S/C38H32N2O4/c39-24-30(38(43)44)19-26-14-18-35-34(21-26)32-17-13-27(23-37(41)42)22-36(32)40(35)31-15-11-25(12-16-31)20-33(28-7-3-1-4-8-28)29-9-5-2-6-10-29/h1-12,14-16,18-21,27,32,36H,13,17,22-23H2,(H,41,42)(H,43,44)/b30-19-. The molecule has 6 heteroatoms. The Balaban J connectivity index is 1.38. The second-order valence-electron chi connectivity index (χ2n) is 11.5. The second-order valence-corrected chi connectivity index (χ2v) is 11.5. The number of nitrogens with zero attached hydrogens (tertiary/aromatic N) is 2. The van der Waals surface area contributed by atoms with Crippen LogP contribution in [0.3, 0.4) is 0 Å². The zero-order valence-corrected chi connectivity index (χ0v) is 24.1. The molecule has 2 N–H and O–H groups in total. The summed E-state index contributed by atoms with van der Waals surface area (Å²) in [5.41, 5.74) is 8.02. The van der Waals surface area contributed by atoms with E-state index >= 15 is 0 Å². The number of benzene rings is 4. The summed E-state index contributed by atoms with van der Waals surface area (Å²) >= 11 is 0. The summed E-state index contributed by atoms with van der Waals surface area (Å²) in [5, 5.41) is 28.2. The van der Waals surface area contributed by atoms with E-state index in [0.29, 0.717) is 5.56 Å². The van der Waals surface area contributed by atoms with Crippen molar-refractivity contribution < 1.29 is 19.8 Å². The van der Waals surface area contributed by atoms with E-state index in [1.54, 1.807) is 6.07 Å². The summed E-state index contributed by atoms with van der Waals surface area (Å²) in [7, 11) is 0. The molecular weight excluding hydrogens is 548 g/mol. The number of fused-ring (bicyclic) bond motifs is 3. The average Bonchev–Trinajstić information content (AvgIpc) is 3.36. The molecule has 44 heavy (non-hydrogen) atoms. The monoisotopic (exact) mass is 580 g/mol. The third-order valence-corrected chi connectivity index (χ3v) is 8.74. The lowest BCUT2D eigenvalue weighted by Gasteiger charge is -2.37. The third-order valence-electron chi connectivity index (χ3n) is 8.74. The molecule has 1 saturated carbocycles. The first-order valence-electron chi connectivity index (χ1n) is 14.8. The Bertz CT molecular complexity index is 1750. The molecule has 0 bridgehead atoms. The Morgan fingerprint density at radius 2 is 1.45 bits per heavy atom. The molecule has 3 atom stereocenters. The molecule has 0 spiro atoms. The van der Waals surface area contributed by atoms with E-state index < -0.39 is 11.9 Å². The molecule has 3 unspecified atom stereocenters. The number of hydrogen-bond donors (Lipinski definition) is 2. The van der Waals surface area contributed by atoms with E-state index in [1.165, 1.54) is 6.08 Å². The normalized spacial score (nSPS) is 18.9. The molecule has 1 aliphatic heterocycles. The smallest absolute Gasteiger partial charge is 0.346 e. The maximum absolute atomic E-state index is 11.6. The van der Waals surface area contributed by atoms with Crippen molar-refractivity contribution in [2.45, 2.75) is 37.6 Å². The molecule has 218 valence electrons. The predicted octanol–water partition coefficient (Wildman–Crippen LogP) is 8.15. The van der Waals surface area contributed by atoms with E-state index in [-0.39, 0.29) is 29.9 Å². The summed E-state index contributed by atoms with van der Waals surface area (Å²) in [5.74, 6) is -1.76. The van der Waals surface area contributed by atoms with Gasteiger partial charge >= 0.3 is 11.9 Å². The minimum atomic E-state index is -1.25. The molecule has 0 saturated heterocycles. The van der Waals surface area contributed by atoms with E-state index in [9.17, 15) is 25.1 Å². The summed E-state index contributed by atoms with van der Waals surface area (Å²) < 4.78 is 0. The van der Waals surface area contributed by atoms with E-state index in [1.807, 2.05) is 54.6 Å². The van der Waals surface area contributed by atoms with Crippen LogP contribution in [-0.4, -0.2) is 28.2 Å². The highest BCUT2D eigenvalue weighted by Crippen LogP contribution is 2.52. The van der Waals surface area contributed by atoms with Crippen molar-refractivity contribution in [3.63, 3.8) is 0 Å². The first kappa shape index (κ1) is 28.7. The Labute approximate surface area is 256 Å². The maximum Gasteiger partial charge on any atom is 0.346 e. The van der Waals surface area contributed by atoms with Gasteiger partial charge in [-0.25, -0.2) is 4.79 Å². The van der Waals surface area contributed by atoms with Crippen molar-refractivity contribution in [1.82, 2.24) is 0 Å². The Kier molecular flexibility index (Phi) is 8.12. The van der Waals surface area contributed by atoms with Crippen LogP contribution in [0.15, 0.2) is 109 Å². The van der Waals surface area contributed by atoms with Crippen LogP contribution in [0.1, 0.15) is 59.4 Å². The molecule has 0 amide bonds. The van der Waals surface area contributed by atoms with Gasteiger partial charge in [-0.05, 0) is 95.0 Å². The molecule has 1 fully saturated rings. The summed E-state index contributed by atoms with van der Waals surface area (Å²) in [6, 6.07) is 36.8. The van der Waals surface area contributed by atoms with Gasteiger partial charge in [0.25, 0.3) is 0 Å². The highest BCUT2D eigenvalue weighted by atomic mass is 16.4. The first-order valence-corrected chi connectivity index (χ1v) is 14.8. The van der Waals surface area contributed by atoms with Crippen LogP contribution < -0.4 is 4.90 Å². The van der Waals surface area contributed by atoms with Gasteiger partial charge in [0.1, 0.15) is 11.6 Å². The quantitative estimate of drug-likeness (QED) is 0.124. The molecular formula is C38H32N2O4. The molecule has 4 aromatic carbocycles. The van der Waals surface area contributed by atoms with Gasteiger partial charge in [0.2, 0.25) is 0 Å². The number of carboxylic acid groups (broad SMARTS) is 2. The topological polar surface area (TPSA) is 102 Å². The van der Waals surface area contributed by atoms with Crippen molar-refractivity contribution in [1.29, 1.82) is 5.26 Å². The van der Waals surface area contributed by atoms with Gasteiger partial charge in [-0.2, -0.15) is 5.26 Å². The van der Waals surface area contributed by atoms with Crippen molar-refractivity contribution in [3.05, 3.63) is 137 Å². The van der Waals surface area contributed by atoms with Gasteiger partial charge in [0.15, 0.2) is 0 Å². The molecule has 1 heterocycles. The zero-order valence-electron chi connectivity index (χ0n) is 24.1. The highest BCUT2D eigenvalue weighted by molar-refractivity contribution is 5.96. The minimum Gasteiger partial charge on any atom is -0.481 e. The van der Waals surface area contributed by atoms with Crippen molar-refractivity contribution in [2.75, 3.05) is 4.90 Å². The van der Waals surface area contributed by atoms with Crippen LogP contribution in [0.2, 0.25) is 0 Å². The second kappa shape index (κ2) is 12.4. The molecule has 4 aromatic rings. The average molecular weight is 581 g/mol. The summed E-state index contributed by atoms with van der Waals surface area (Å²) in [6.07, 6.45) is 6.19. The summed E-state index contributed by atoms with van der Waals surface area (Å²) in [6.45, 7) is 0. The van der Waals surface area contributed by atoms with Gasteiger partial charge in [-0.15, -0.1) is 0 Å². The molecule has 2 aliphatic rings. The number of rotatable bonds is 8. The van der Waals surface area contributed by atoms with Crippen molar-refractivity contribution >= 4 is 41.0 Å². The Morgan fingerprint density at radius 1 is 0.818 bits per heavy atom. The Hall–Kier alpha value is -5.41. The largest absolute Gasteiger partial charge is 0.481 e. The fourth-order valence-electron chi connectivity index (χ4n) is 6.78. The van der Waals surface area contributed by atoms with Gasteiger partial charge < -0.3 is 15.1 Å². The number of carbonyl (C=O) groups is 2. The van der Waals surface area contributed by atoms with Gasteiger partial charge in [-0.1, -0.05) is 78.9 Å². The van der Waals surface area contributed by atoms with Crippen LogP contribution in [0.25, 0.3) is 17.7 Å². The third kappa shape index (κ3) is 5.91. The van der Waals surface area contributed by atoms with Crippen LogP contribution in [0, 0.1) is 17.2 Å². The number of aliphatic carboxylic acids is 2. The lowest BCUT2D eigenvalue weighted by molar-refractivity contribution is -0.138. The minimum absolute atomic E-state index is 0.0860. The Morgan fingerprint density at radius 3 is 2.05 bits per heavy atom. The summed E-state index contributed by atoms with van der Waals surface area (Å²) in [4.78, 5) is 25.4. The maximum atomic E-state index is 11.6. The van der Waals surface area contributed by atoms with Gasteiger partial charge in [-0.3, -0.25) is 4.79 Å². The van der Waals surface area contributed by atoms with E-state index in [2.05, 4.69) is 59.5 Å². The first-order chi connectivity index (χ1) is 21.4. The van der Waals surface area contributed by atoms with Crippen LogP contribution in [-0.2, 0) is 9.59 Å². The van der Waals surface area contributed by atoms with Gasteiger partial charge in [0, 0.05) is 29.8 Å². The molecule has 6 nitrogen and oxygen atoms in total. The van der Waals surface area contributed by atoms with Gasteiger partial charge in [0.05, 0.1) is 0 Å². The van der Waals surface area contributed by atoms with E-state index in [0.717, 1.165) is 58.5 Å². The number of hydrogen-bond acceptors (Lipinski definition) is 4. The number of carboxylic acids is 2. The zero-order chi connectivity index (χ0) is 30.6. The number of anilines is 2. The molecule has 1 aliphatic carbocycles. The fraction of sp³-hybridized carbons (Fsp3) is 0.184. The number of nitriles is 1. The van der Waals surface area contributed by atoms with Crippen molar-refractivity contribution in [3.8, 4) is 6.07 Å². The lowest BCUT2D eigenvalue weighted by Crippen LogP contribution is -2.36. The molecule has 0 radical (unpaired) electrons. The highest BCUT2D eigenvalue weighted by Gasteiger charge is 2.43. The van der Waals surface area contributed by atoms with Crippen molar-refractivity contribution in [2.24, 2.45) is 5.92 Å². The molecule has 6 rings (SSSR count). The van der Waals surface area contributed by atoms with Crippen LogP contribution in [0.4, 0.5) is 11.4 Å². The van der Waals surface area contributed by atoms with E-state index in [4.69, 9.17) is 0 Å². The van der Waals surface area contributed by atoms with Crippen LogP contribution in [0.5, 0.6) is 0 Å². The molecule has 0 aromatic heterocycles. The lowest BCUT2D eigenvalue weighted by atomic mass is 9.75. The van der Waals surface area contributed by atoms with Crippen LogP contribution >= 0.6 is 0 Å². The fourth-order valence-corrected chi connectivity index (χ4v) is 6.78.